The van der Waals surface area contributed by atoms with E-state index in [9.17, 15) is 14.9 Å². The van der Waals surface area contributed by atoms with Gasteiger partial charge in [0.15, 0.2) is 11.0 Å². The fourth-order valence-corrected chi connectivity index (χ4v) is 4.27. The number of amides is 1. The summed E-state index contributed by atoms with van der Waals surface area (Å²) in [7, 11) is 0. The molecule has 8 nitrogen and oxygen atoms in total. The summed E-state index contributed by atoms with van der Waals surface area (Å²) in [6.45, 7) is 4.41. The van der Waals surface area contributed by atoms with Crippen molar-refractivity contribution in [1.29, 1.82) is 0 Å². The van der Waals surface area contributed by atoms with Crippen LogP contribution >= 0.6 is 34.7 Å². The number of nitrogens with one attached hydrogen (secondary N) is 1. The Labute approximate surface area is 174 Å². The van der Waals surface area contributed by atoms with Gasteiger partial charge in [-0.25, -0.2) is 0 Å². The highest BCUT2D eigenvalue weighted by molar-refractivity contribution is 8.00. The highest BCUT2D eigenvalue weighted by Crippen LogP contribution is 2.31. The van der Waals surface area contributed by atoms with Crippen LogP contribution in [-0.4, -0.2) is 30.8 Å². The Balaban J connectivity index is 1.72. The van der Waals surface area contributed by atoms with Crippen LogP contribution in [0.3, 0.4) is 0 Å². The zero-order chi connectivity index (χ0) is 20.3. The van der Waals surface area contributed by atoms with Gasteiger partial charge in [0.2, 0.25) is 5.91 Å². The largest absolute Gasteiger partial charge is 0.324 e. The number of carbonyl (C=O) groups is 1. The van der Waals surface area contributed by atoms with Gasteiger partial charge in [0.05, 0.1) is 25.8 Å². The highest BCUT2D eigenvalue weighted by atomic mass is 35.5. The summed E-state index contributed by atoms with van der Waals surface area (Å²) in [5.74, 6) is 0.482. The van der Waals surface area contributed by atoms with Crippen LogP contribution in [0.15, 0.2) is 40.9 Å². The summed E-state index contributed by atoms with van der Waals surface area (Å²) in [5, 5.41) is 24.2. The molecular formula is C17H16ClN5O3S2. The maximum Gasteiger partial charge on any atom is 0.271 e. The van der Waals surface area contributed by atoms with Crippen molar-refractivity contribution in [3.8, 4) is 10.7 Å². The van der Waals surface area contributed by atoms with Gasteiger partial charge in [-0.2, -0.15) is 0 Å². The zero-order valence-corrected chi connectivity index (χ0v) is 17.3. The van der Waals surface area contributed by atoms with Crippen molar-refractivity contribution in [3.63, 3.8) is 0 Å². The maximum atomic E-state index is 12.5. The van der Waals surface area contributed by atoms with E-state index < -0.39 is 10.2 Å². The summed E-state index contributed by atoms with van der Waals surface area (Å²) in [5.41, 5.74) is 0.184. The van der Waals surface area contributed by atoms with Gasteiger partial charge in [-0.1, -0.05) is 29.4 Å². The fraction of sp³-hybridized carbons (Fsp3) is 0.235. The molecule has 0 aliphatic carbocycles. The monoisotopic (exact) mass is 437 g/mol. The number of anilines is 1. The predicted octanol–water partition coefficient (Wildman–Crippen LogP) is 4.71. The van der Waals surface area contributed by atoms with E-state index in [4.69, 9.17) is 11.6 Å². The number of nitro groups is 1. The van der Waals surface area contributed by atoms with Gasteiger partial charge < -0.3 is 9.88 Å². The Kier molecular flexibility index (Phi) is 6.32. The molecule has 146 valence electrons. The molecule has 0 saturated carbocycles. The number of thiophene rings is 1. The van der Waals surface area contributed by atoms with Crippen LogP contribution < -0.4 is 5.32 Å². The lowest BCUT2D eigenvalue weighted by Crippen LogP contribution is -2.23. The van der Waals surface area contributed by atoms with Gasteiger partial charge in [0.25, 0.3) is 5.69 Å². The molecule has 1 amide bonds. The molecule has 2 heterocycles. The number of hydrogen-bond acceptors (Lipinski definition) is 7. The Morgan fingerprint density at radius 3 is 2.82 bits per heavy atom. The molecule has 1 aromatic carbocycles. The minimum Gasteiger partial charge on any atom is -0.324 e. The molecule has 11 heteroatoms. The number of hydrogen-bond donors (Lipinski definition) is 1. The topological polar surface area (TPSA) is 103 Å². The molecule has 0 unspecified atom stereocenters. The number of non-ortho nitro benzene ring substituents is 1. The minimum atomic E-state index is -0.543. The summed E-state index contributed by atoms with van der Waals surface area (Å²) in [4.78, 5) is 23.8. The van der Waals surface area contributed by atoms with Crippen molar-refractivity contribution in [2.45, 2.75) is 30.8 Å². The van der Waals surface area contributed by atoms with E-state index in [-0.39, 0.29) is 16.6 Å². The Hall–Kier alpha value is -2.43. The SMILES string of the molecule is CCn1c(S[C@@H](C)C(=O)Nc2ccc([N+](=O)[O-])cc2Cl)nnc1-c1cccs1. The molecule has 0 spiro atoms. The van der Waals surface area contributed by atoms with Gasteiger partial charge in [0.1, 0.15) is 0 Å². The summed E-state index contributed by atoms with van der Waals surface area (Å²) < 4.78 is 1.96. The smallest absolute Gasteiger partial charge is 0.271 e. The molecule has 0 radical (unpaired) electrons. The van der Waals surface area contributed by atoms with Crippen molar-refractivity contribution in [3.05, 3.63) is 50.8 Å². The van der Waals surface area contributed by atoms with E-state index in [1.807, 2.05) is 29.0 Å². The van der Waals surface area contributed by atoms with Crippen LogP contribution in [0.5, 0.6) is 0 Å². The second-order valence-corrected chi connectivity index (χ2v) is 8.36. The molecule has 0 aliphatic rings. The second-order valence-electron chi connectivity index (χ2n) is 5.70. The first-order valence-electron chi connectivity index (χ1n) is 8.29. The summed E-state index contributed by atoms with van der Waals surface area (Å²) in [6.07, 6.45) is 0. The standard InChI is InChI=1S/C17H16ClN5O3S2/c1-3-22-15(14-5-4-8-27-14)20-21-17(22)28-10(2)16(24)19-13-7-6-11(23(25)26)9-12(13)18/h4-10H,3H2,1-2H3,(H,19,24)/t10-/m0/s1. The number of nitro benzene ring substituents is 1. The maximum absolute atomic E-state index is 12.5. The molecule has 0 fully saturated rings. The van der Waals surface area contributed by atoms with Crippen molar-refractivity contribution in [2.24, 2.45) is 0 Å². The number of benzene rings is 1. The van der Waals surface area contributed by atoms with Gasteiger partial charge >= 0.3 is 0 Å². The van der Waals surface area contributed by atoms with E-state index in [2.05, 4.69) is 15.5 Å². The predicted molar refractivity (Wildman–Crippen MR) is 111 cm³/mol. The first kappa shape index (κ1) is 20.3. The van der Waals surface area contributed by atoms with Crippen LogP contribution in [0, 0.1) is 10.1 Å². The Bertz CT molecular complexity index is 1010. The van der Waals surface area contributed by atoms with Crippen molar-refractivity contribution < 1.29 is 9.72 Å². The average Bonchev–Trinajstić information content (AvgIpc) is 3.32. The van der Waals surface area contributed by atoms with Crippen molar-refractivity contribution in [1.82, 2.24) is 14.8 Å². The summed E-state index contributed by atoms with van der Waals surface area (Å²) >= 11 is 8.90. The first-order valence-corrected chi connectivity index (χ1v) is 10.4. The molecule has 0 bridgehead atoms. The van der Waals surface area contributed by atoms with Gasteiger partial charge in [-0.05, 0) is 31.4 Å². The number of nitrogens with zero attached hydrogens (tertiary/aromatic N) is 4. The van der Waals surface area contributed by atoms with Crippen molar-refractivity contribution in [2.75, 3.05) is 5.32 Å². The Morgan fingerprint density at radius 1 is 1.43 bits per heavy atom. The highest BCUT2D eigenvalue weighted by Gasteiger charge is 2.21. The van der Waals surface area contributed by atoms with Crippen LogP contribution in [0.2, 0.25) is 5.02 Å². The van der Waals surface area contributed by atoms with Crippen LogP contribution in [-0.2, 0) is 11.3 Å². The normalized spacial score (nSPS) is 12.0. The lowest BCUT2D eigenvalue weighted by atomic mass is 10.2. The number of aromatic nitrogens is 3. The quantitative estimate of drug-likeness (QED) is 0.326. The third kappa shape index (κ3) is 4.34. The van der Waals surface area contributed by atoms with E-state index in [1.54, 1.807) is 18.3 Å². The van der Waals surface area contributed by atoms with Gasteiger partial charge in [0, 0.05) is 18.7 Å². The summed E-state index contributed by atoms with van der Waals surface area (Å²) in [6, 6.07) is 7.84. The van der Waals surface area contributed by atoms with Crippen LogP contribution in [0.25, 0.3) is 10.7 Å². The fourth-order valence-electron chi connectivity index (χ4n) is 2.41. The van der Waals surface area contributed by atoms with E-state index in [1.165, 1.54) is 30.0 Å². The number of carbonyl (C=O) groups excluding carboxylic acids is 1. The van der Waals surface area contributed by atoms with Crippen LogP contribution in [0.1, 0.15) is 13.8 Å². The lowest BCUT2D eigenvalue weighted by Gasteiger charge is -2.13. The average molecular weight is 438 g/mol. The molecule has 0 saturated heterocycles. The number of thioether (sulfide) groups is 1. The van der Waals surface area contributed by atoms with E-state index in [0.717, 1.165) is 10.7 Å². The van der Waals surface area contributed by atoms with Crippen molar-refractivity contribution >= 4 is 52.0 Å². The minimum absolute atomic E-state index is 0.108. The van der Waals surface area contributed by atoms with Crippen LogP contribution in [0.4, 0.5) is 11.4 Å². The molecule has 0 aliphatic heterocycles. The van der Waals surface area contributed by atoms with E-state index in [0.29, 0.717) is 17.4 Å². The molecule has 28 heavy (non-hydrogen) atoms. The molecule has 1 atom stereocenters. The number of rotatable bonds is 7. The third-order valence-electron chi connectivity index (χ3n) is 3.85. The molecule has 3 aromatic rings. The van der Waals surface area contributed by atoms with Gasteiger partial charge in [-0.3, -0.25) is 14.9 Å². The number of halogens is 1. The van der Waals surface area contributed by atoms with E-state index >= 15 is 0 Å². The second kappa shape index (κ2) is 8.72. The molecule has 3 rings (SSSR count). The molecule has 2 aromatic heterocycles. The lowest BCUT2D eigenvalue weighted by molar-refractivity contribution is -0.384. The molecule has 1 N–H and O–H groups in total. The zero-order valence-electron chi connectivity index (χ0n) is 15.0. The van der Waals surface area contributed by atoms with Gasteiger partial charge in [-0.15, -0.1) is 21.5 Å². The Morgan fingerprint density at radius 2 is 2.21 bits per heavy atom. The molecular weight excluding hydrogens is 422 g/mol. The third-order valence-corrected chi connectivity index (χ3v) is 6.11. The first-order chi connectivity index (χ1) is 13.4.